The number of aryl methyl sites for hydroxylation is 1. The molecule has 2 aromatic heterocycles. The summed E-state index contributed by atoms with van der Waals surface area (Å²) in [5.41, 5.74) is 2.00. The van der Waals surface area contributed by atoms with Crippen LogP contribution in [-0.4, -0.2) is 42.2 Å². The third kappa shape index (κ3) is 3.05. The van der Waals surface area contributed by atoms with Gasteiger partial charge in [0.25, 0.3) is 5.69 Å². The summed E-state index contributed by atoms with van der Waals surface area (Å²) in [6.45, 7) is 2.31. The SMILES string of the molecule is Cc1nc2c3ccccc3nc(SC3CCN(c4cccc([N+](=O)[O-])c4)C3=O)n2n1. The Kier molecular flexibility index (Phi) is 4.35. The second kappa shape index (κ2) is 7.06. The molecular weight excluding hydrogens is 404 g/mol. The molecule has 1 aliphatic rings. The molecule has 5 rings (SSSR count). The van der Waals surface area contributed by atoms with E-state index in [0.717, 1.165) is 10.9 Å². The van der Waals surface area contributed by atoms with Gasteiger partial charge in [-0.2, -0.15) is 4.52 Å². The molecule has 0 N–H and O–H groups in total. The number of nitrogens with zero attached hydrogens (tertiary/aromatic N) is 6. The number of thioether (sulfide) groups is 1. The van der Waals surface area contributed by atoms with Crippen LogP contribution >= 0.6 is 11.8 Å². The van der Waals surface area contributed by atoms with E-state index in [2.05, 4.69) is 10.1 Å². The minimum absolute atomic E-state index is 0.0348. The molecule has 0 spiro atoms. The number of para-hydroxylation sites is 1. The summed E-state index contributed by atoms with van der Waals surface area (Å²) in [6.07, 6.45) is 0.607. The van der Waals surface area contributed by atoms with Crippen molar-refractivity contribution < 1.29 is 9.72 Å². The quantitative estimate of drug-likeness (QED) is 0.283. The summed E-state index contributed by atoms with van der Waals surface area (Å²) in [4.78, 5) is 34.5. The molecule has 30 heavy (non-hydrogen) atoms. The van der Waals surface area contributed by atoms with Gasteiger partial charge in [0.15, 0.2) is 10.8 Å². The number of rotatable bonds is 4. The van der Waals surface area contributed by atoms with E-state index in [1.807, 2.05) is 31.2 Å². The lowest BCUT2D eigenvalue weighted by Crippen LogP contribution is -2.28. The van der Waals surface area contributed by atoms with Crippen LogP contribution in [0.4, 0.5) is 11.4 Å². The normalized spacial score (nSPS) is 16.6. The van der Waals surface area contributed by atoms with Gasteiger partial charge in [0.2, 0.25) is 5.91 Å². The minimum Gasteiger partial charge on any atom is -0.311 e. The third-order valence-electron chi connectivity index (χ3n) is 5.01. The fraction of sp³-hybridized carbons (Fsp3) is 0.200. The number of amides is 1. The zero-order valence-electron chi connectivity index (χ0n) is 15.9. The van der Waals surface area contributed by atoms with Gasteiger partial charge in [-0.05, 0) is 31.5 Å². The van der Waals surface area contributed by atoms with Crippen molar-refractivity contribution in [2.45, 2.75) is 23.8 Å². The Hall–Kier alpha value is -3.53. The number of nitro groups is 1. The maximum atomic E-state index is 13.1. The smallest absolute Gasteiger partial charge is 0.271 e. The number of aromatic nitrogens is 4. The van der Waals surface area contributed by atoms with Crippen molar-refractivity contribution in [3.63, 3.8) is 0 Å². The molecule has 1 saturated heterocycles. The van der Waals surface area contributed by atoms with Gasteiger partial charge in [0.1, 0.15) is 5.82 Å². The van der Waals surface area contributed by atoms with Crippen LogP contribution < -0.4 is 4.90 Å². The van der Waals surface area contributed by atoms with E-state index >= 15 is 0 Å². The molecule has 10 heteroatoms. The first-order valence-corrected chi connectivity index (χ1v) is 10.2. The zero-order valence-corrected chi connectivity index (χ0v) is 16.7. The van der Waals surface area contributed by atoms with Gasteiger partial charge in [-0.15, -0.1) is 5.10 Å². The monoisotopic (exact) mass is 420 g/mol. The van der Waals surface area contributed by atoms with E-state index in [9.17, 15) is 14.9 Å². The number of nitro benzene ring substituents is 1. The van der Waals surface area contributed by atoms with Gasteiger partial charge >= 0.3 is 0 Å². The molecular formula is C20H16N6O3S. The number of anilines is 1. The summed E-state index contributed by atoms with van der Waals surface area (Å²) >= 11 is 1.35. The number of benzene rings is 2. The molecule has 0 saturated carbocycles. The predicted octanol–water partition coefficient (Wildman–Crippen LogP) is 3.39. The van der Waals surface area contributed by atoms with Gasteiger partial charge in [-0.3, -0.25) is 14.9 Å². The van der Waals surface area contributed by atoms with Crippen LogP contribution in [0, 0.1) is 17.0 Å². The Balaban J connectivity index is 1.48. The van der Waals surface area contributed by atoms with Crippen molar-refractivity contribution in [1.29, 1.82) is 0 Å². The highest BCUT2D eigenvalue weighted by Crippen LogP contribution is 2.34. The van der Waals surface area contributed by atoms with Gasteiger partial charge < -0.3 is 4.90 Å². The summed E-state index contributed by atoms with van der Waals surface area (Å²) in [6, 6.07) is 13.9. The Labute approximate surface area is 174 Å². The molecule has 1 aliphatic heterocycles. The molecule has 4 aromatic rings. The lowest BCUT2D eigenvalue weighted by atomic mass is 10.2. The van der Waals surface area contributed by atoms with Crippen LogP contribution in [0.2, 0.25) is 0 Å². The van der Waals surface area contributed by atoms with Gasteiger partial charge in [-0.25, -0.2) is 9.97 Å². The summed E-state index contributed by atoms with van der Waals surface area (Å²) in [5.74, 6) is 0.534. The summed E-state index contributed by atoms with van der Waals surface area (Å²) in [7, 11) is 0. The highest BCUT2D eigenvalue weighted by Gasteiger charge is 2.35. The fourth-order valence-electron chi connectivity index (χ4n) is 3.63. The highest BCUT2D eigenvalue weighted by molar-refractivity contribution is 8.00. The molecule has 1 unspecified atom stereocenters. The van der Waals surface area contributed by atoms with Crippen molar-refractivity contribution in [1.82, 2.24) is 19.6 Å². The molecule has 0 aliphatic carbocycles. The predicted molar refractivity (Wildman–Crippen MR) is 113 cm³/mol. The average Bonchev–Trinajstić information content (AvgIpc) is 3.31. The lowest BCUT2D eigenvalue weighted by Gasteiger charge is -2.16. The maximum Gasteiger partial charge on any atom is 0.271 e. The van der Waals surface area contributed by atoms with Gasteiger partial charge in [0, 0.05) is 24.1 Å². The van der Waals surface area contributed by atoms with E-state index in [1.54, 1.807) is 21.5 Å². The van der Waals surface area contributed by atoms with Crippen molar-refractivity contribution in [2.24, 2.45) is 0 Å². The largest absolute Gasteiger partial charge is 0.311 e. The molecule has 1 amide bonds. The van der Waals surface area contributed by atoms with Gasteiger partial charge in [0.05, 0.1) is 21.4 Å². The van der Waals surface area contributed by atoms with Crippen LogP contribution in [0.5, 0.6) is 0 Å². The zero-order chi connectivity index (χ0) is 20.8. The summed E-state index contributed by atoms with van der Waals surface area (Å²) < 4.78 is 1.69. The number of carbonyl (C=O) groups is 1. The number of fused-ring (bicyclic) bond motifs is 3. The van der Waals surface area contributed by atoms with E-state index in [0.29, 0.717) is 35.3 Å². The number of carbonyl (C=O) groups excluding carboxylic acids is 1. The van der Waals surface area contributed by atoms with Crippen molar-refractivity contribution >= 4 is 45.6 Å². The molecule has 0 radical (unpaired) electrons. The first-order valence-electron chi connectivity index (χ1n) is 9.36. The van der Waals surface area contributed by atoms with Crippen LogP contribution in [0.1, 0.15) is 12.2 Å². The van der Waals surface area contributed by atoms with Crippen LogP contribution in [0.25, 0.3) is 16.6 Å². The Morgan fingerprint density at radius 3 is 2.83 bits per heavy atom. The van der Waals surface area contributed by atoms with Crippen LogP contribution in [-0.2, 0) is 4.79 Å². The standard InChI is InChI=1S/C20H16N6O3S/c1-12-21-18-15-7-2-3-8-16(15)22-20(25(18)23-12)30-17-9-10-24(19(17)27)13-5-4-6-14(11-13)26(28)29/h2-8,11,17H,9-10H2,1H3. The molecule has 1 atom stereocenters. The van der Waals surface area contributed by atoms with Crippen molar-refractivity contribution in [3.8, 4) is 0 Å². The average molecular weight is 420 g/mol. The van der Waals surface area contributed by atoms with Crippen LogP contribution in [0.3, 0.4) is 0 Å². The third-order valence-corrected chi connectivity index (χ3v) is 6.21. The van der Waals surface area contributed by atoms with E-state index in [-0.39, 0.29) is 16.8 Å². The highest BCUT2D eigenvalue weighted by atomic mass is 32.2. The Morgan fingerprint density at radius 1 is 1.17 bits per heavy atom. The molecule has 150 valence electrons. The van der Waals surface area contributed by atoms with E-state index in [4.69, 9.17) is 4.98 Å². The first kappa shape index (κ1) is 18.5. The molecule has 1 fully saturated rings. The topological polar surface area (TPSA) is 107 Å². The molecule has 2 aromatic carbocycles. The number of non-ortho nitro benzene ring substituents is 1. The maximum absolute atomic E-state index is 13.1. The fourth-order valence-corrected chi connectivity index (χ4v) is 4.71. The number of hydrogen-bond donors (Lipinski definition) is 0. The van der Waals surface area contributed by atoms with E-state index < -0.39 is 4.92 Å². The number of hydrogen-bond acceptors (Lipinski definition) is 7. The van der Waals surface area contributed by atoms with E-state index in [1.165, 1.54) is 23.9 Å². The Bertz CT molecular complexity index is 1320. The second-order valence-electron chi connectivity index (χ2n) is 6.97. The minimum atomic E-state index is -0.459. The Morgan fingerprint density at radius 2 is 2.00 bits per heavy atom. The molecule has 0 bridgehead atoms. The van der Waals surface area contributed by atoms with Crippen molar-refractivity contribution in [3.05, 3.63) is 64.5 Å². The lowest BCUT2D eigenvalue weighted by molar-refractivity contribution is -0.384. The van der Waals surface area contributed by atoms with Gasteiger partial charge in [-0.1, -0.05) is 30.0 Å². The molecule has 9 nitrogen and oxygen atoms in total. The first-order chi connectivity index (χ1) is 14.5. The second-order valence-corrected chi connectivity index (χ2v) is 8.14. The van der Waals surface area contributed by atoms with Crippen LogP contribution in [0.15, 0.2) is 53.7 Å². The summed E-state index contributed by atoms with van der Waals surface area (Å²) in [5, 5.41) is 16.7. The molecule has 3 heterocycles. The van der Waals surface area contributed by atoms with Crippen molar-refractivity contribution in [2.75, 3.05) is 11.4 Å².